The summed E-state index contributed by atoms with van der Waals surface area (Å²) in [7, 11) is -3.67. The van der Waals surface area contributed by atoms with Gasteiger partial charge in [0.1, 0.15) is 10.6 Å². The molecule has 0 amide bonds. The van der Waals surface area contributed by atoms with Crippen LogP contribution in [0, 0.1) is 0 Å². The highest BCUT2D eigenvalue weighted by atomic mass is 32.2. The fourth-order valence-electron chi connectivity index (χ4n) is 2.40. The SMILES string of the molecule is O=S(=O)(NCCOC1CCCCC1)c1ccccc1O. The van der Waals surface area contributed by atoms with E-state index in [4.69, 9.17) is 4.74 Å². The van der Waals surface area contributed by atoms with E-state index in [1.165, 1.54) is 31.4 Å². The van der Waals surface area contributed by atoms with Crippen molar-refractivity contribution in [2.75, 3.05) is 13.2 Å². The second-order valence-electron chi connectivity index (χ2n) is 5.00. The second-order valence-corrected chi connectivity index (χ2v) is 6.73. The van der Waals surface area contributed by atoms with Gasteiger partial charge in [0.2, 0.25) is 10.0 Å². The Morgan fingerprint density at radius 1 is 1.20 bits per heavy atom. The molecule has 0 aliphatic heterocycles. The van der Waals surface area contributed by atoms with Gasteiger partial charge in [-0.3, -0.25) is 0 Å². The fourth-order valence-corrected chi connectivity index (χ4v) is 3.50. The van der Waals surface area contributed by atoms with Gasteiger partial charge in [0, 0.05) is 6.54 Å². The Balaban J connectivity index is 1.79. The summed E-state index contributed by atoms with van der Waals surface area (Å²) in [4.78, 5) is -0.0994. The van der Waals surface area contributed by atoms with Crippen molar-refractivity contribution in [2.45, 2.75) is 43.1 Å². The van der Waals surface area contributed by atoms with Gasteiger partial charge >= 0.3 is 0 Å². The Morgan fingerprint density at radius 2 is 1.90 bits per heavy atom. The number of ether oxygens (including phenoxy) is 1. The van der Waals surface area contributed by atoms with E-state index in [0.717, 1.165) is 12.8 Å². The van der Waals surface area contributed by atoms with Crippen LogP contribution in [-0.2, 0) is 14.8 Å². The molecule has 2 rings (SSSR count). The smallest absolute Gasteiger partial charge is 0.244 e. The Labute approximate surface area is 120 Å². The molecule has 0 radical (unpaired) electrons. The van der Waals surface area contributed by atoms with Gasteiger partial charge in [-0.1, -0.05) is 31.4 Å². The van der Waals surface area contributed by atoms with Gasteiger partial charge in [0.15, 0.2) is 0 Å². The third kappa shape index (κ3) is 4.19. The lowest BCUT2D eigenvalue weighted by Crippen LogP contribution is -2.29. The molecule has 5 nitrogen and oxygen atoms in total. The maximum atomic E-state index is 12.0. The molecule has 1 aliphatic carbocycles. The zero-order valence-electron chi connectivity index (χ0n) is 11.4. The van der Waals surface area contributed by atoms with Gasteiger partial charge in [-0.2, -0.15) is 0 Å². The number of phenols is 1. The molecule has 0 heterocycles. The summed E-state index contributed by atoms with van der Waals surface area (Å²) < 4.78 is 32.1. The number of para-hydroxylation sites is 1. The van der Waals surface area contributed by atoms with Crippen LogP contribution in [0.25, 0.3) is 0 Å². The summed E-state index contributed by atoms with van der Waals surface area (Å²) in [5, 5.41) is 9.56. The minimum Gasteiger partial charge on any atom is -0.507 e. The molecule has 20 heavy (non-hydrogen) atoms. The maximum Gasteiger partial charge on any atom is 0.244 e. The summed E-state index contributed by atoms with van der Waals surface area (Å²) in [5.41, 5.74) is 0. The van der Waals surface area contributed by atoms with Crippen LogP contribution in [0.3, 0.4) is 0 Å². The lowest BCUT2D eigenvalue weighted by atomic mass is 9.98. The number of aromatic hydroxyl groups is 1. The van der Waals surface area contributed by atoms with Crippen LogP contribution in [0.4, 0.5) is 0 Å². The van der Waals surface area contributed by atoms with Crippen LogP contribution >= 0.6 is 0 Å². The van der Waals surface area contributed by atoms with Crippen LogP contribution in [0.1, 0.15) is 32.1 Å². The van der Waals surface area contributed by atoms with E-state index in [-0.39, 0.29) is 23.3 Å². The molecule has 0 spiro atoms. The molecule has 2 N–H and O–H groups in total. The third-order valence-corrected chi connectivity index (χ3v) is 4.96. The number of rotatable bonds is 6. The molecule has 1 aromatic carbocycles. The summed E-state index contributed by atoms with van der Waals surface area (Å²) in [6.45, 7) is 0.574. The molecule has 1 saturated carbocycles. The number of benzene rings is 1. The molecule has 1 aliphatic rings. The zero-order valence-corrected chi connectivity index (χ0v) is 12.2. The first-order valence-corrected chi connectivity index (χ1v) is 8.47. The van der Waals surface area contributed by atoms with Crippen molar-refractivity contribution in [1.29, 1.82) is 0 Å². The Bertz CT molecular complexity index is 524. The van der Waals surface area contributed by atoms with Crippen molar-refractivity contribution in [3.8, 4) is 5.75 Å². The average molecular weight is 299 g/mol. The molecule has 6 heteroatoms. The number of nitrogens with one attached hydrogen (secondary N) is 1. The van der Waals surface area contributed by atoms with Crippen LogP contribution in [0.5, 0.6) is 5.75 Å². The van der Waals surface area contributed by atoms with E-state index in [1.807, 2.05) is 0 Å². The molecular weight excluding hydrogens is 278 g/mol. The summed E-state index contributed by atoms with van der Waals surface area (Å²) >= 11 is 0. The molecule has 0 unspecified atom stereocenters. The lowest BCUT2D eigenvalue weighted by molar-refractivity contribution is 0.0321. The number of phenolic OH excluding ortho intramolecular Hbond substituents is 1. The van der Waals surface area contributed by atoms with Crippen molar-refractivity contribution in [3.63, 3.8) is 0 Å². The largest absolute Gasteiger partial charge is 0.507 e. The van der Waals surface area contributed by atoms with Gasteiger partial charge in [-0.25, -0.2) is 13.1 Å². The van der Waals surface area contributed by atoms with Gasteiger partial charge in [-0.15, -0.1) is 0 Å². The minimum atomic E-state index is -3.67. The highest BCUT2D eigenvalue weighted by Gasteiger charge is 2.18. The lowest BCUT2D eigenvalue weighted by Gasteiger charge is -2.22. The average Bonchev–Trinajstić information content (AvgIpc) is 2.45. The number of sulfonamides is 1. The van der Waals surface area contributed by atoms with E-state index in [2.05, 4.69) is 4.72 Å². The number of hydrogen-bond acceptors (Lipinski definition) is 4. The van der Waals surface area contributed by atoms with Crippen LogP contribution in [0.15, 0.2) is 29.2 Å². The van der Waals surface area contributed by atoms with Gasteiger partial charge in [0.25, 0.3) is 0 Å². The van der Waals surface area contributed by atoms with E-state index in [0.29, 0.717) is 6.61 Å². The minimum absolute atomic E-state index is 0.0994. The van der Waals surface area contributed by atoms with Crippen LogP contribution < -0.4 is 4.72 Å². The van der Waals surface area contributed by atoms with E-state index in [9.17, 15) is 13.5 Å². The van der Waals surface area contributed by atoms with Crippen molar-refractivity contribution >= 4 is 10.0 Å². The van der Waals surface area contributed by atoms with Gasteiger partial charge < -0.3 is 9.84 Å². The second kappa shape index (κ2) is 7.06. The highest BCUT2D eigenvalue weighted by Crippen LogP contribution is 2.21. The molecule has 0 saturated heterocycles. The first-order valence-electron chi connectivity index (χ1n) is 6.99. The van der Waals surface area contributed by atoms with Crippen molar-refractivity contribution in [3.05, 3.63) is 24.3 Å². The molecule has 0 aromatic heterocycles. The monoisotopic (exact) mass is 299 g/mol. The molecule has 0 bridgehead atoms. The van der Waals surface area contributed by atoms with E-state index < -0.39 is 10.0 Å². The van der Waals surface area contributed by atoms with Crippen LogP contribution in [0.2, 0.25) is 0 Å². The zero-order chi connectivity index (χ0) is 14.4. The Hall–Kier alpha value is -1.11. The molecule has 112 valence electrons. The first-order chi connectivity index (χ1) is 9.59. The van der Waals surface area contributed by atoms with Crippen LogP contribution in [-0.4, -0.2) is 32.8 Å². The standard InChI is InChI=1S/C14H21NO4S/c16-13-8-4-5-9-14(13)20(17,18)15-10-11-19-12-6-2-1-3-7-12/h4-5,8-9,12,15-16H,1-3,6-7,10-11H2. The van der Waals surface area contributed by atoms with Gasteiger partial charge in [-0.05, 0) is 25.0 Å². The molecule has 1 aromatic rings. The summed E-state index contributed by atoms with van der Waals surface area (Å²) in [5.74, 6) is -0.242. The Kier molecular flexibility index (Phi) is 5.39. The predicted molar refractivity (Wildman–Crippen MR) is 76.1 cm³/mol. The summed E-state index contributed by atoms with van der Waals surface area (Å²) in [6, 6.07) is 5.89. The normalized spacial score (nSPS) is 17.2. The first kappa shape index (κ1) is 15.3. The van der Waals surface area contributed by atoms with Crippen molar-refractivity contribution in [1.82, 2.24) is 4.72 Å². The molecular formula is C14H21NO4S. The fraction of sp³-hybridized carbons (Fsp3) is 0.571. The van der Waals surface area contributed by atoms with Gasteiger partial charge in [0.05, 0.1) is 12.7 Å². The highest BCUT2D eigenvalue weighted by molar-refractivity contribution is 7.89. The van der Waals surface area contributed by atoms with Crippen molar-refractivity contribution in [2.24, 2.45) is 0 Å². The van der Waals surface area contributed by atoms with E-state index in [1.54, 1.807) is 12.1 Å². The van der Waals surface area contributed by atoms with E-state index >= 15 is 0 Å². The topological polar surface area (TPSA) is 75.6 Å². The third-order valence-electron chi connectivity index (χ3n) is 3.45. The maximum absolute atomic E-state index is 12.0. The number of hydrogen-bond donors (Lipinski definition) is 2. The Morgan fingerprint density at radius 3 is 2.60 bits per heavy atom. The molecule has 0 atom stereocenters. The van der Waals surface area contributed by atoms with Crippen molar-refractivity contribution < 1.29 is 18.3 Å². The quantitative estimate of drug-likeness (QED) is 0.788. The molecule has 1 fully saturated rings. The summed E-state index contributed by atoms with van der Waals surface area (Å²) in [6.07, 6.45) is 6.03. The predicted octanol–water partition coefficient (Wildman–Crippen LogP) is 2.02.